The second-order valence-corrected chi connectivity index (χ2v) is 12.2. The topological polar surface area (TPSA) is 18.5 Å². The molecule has 9 rings (SSSR count). The van der Waals surface area contributed by atoms with Gasteiger partial charge in [-0.1, -0.05) is 121 Å². The molecule has 1 aromatic heterocycles. The molecular weight excluding hydrogens is 557 g/mol. The first-order valence-electron chi connectivity index (χ1n) is 14.8. The van der Waals surface area contributed by atoms with Crippen LogP contribution < -0.4 is 9.47 Å². The summed E-state index contributed by atoms with van der Waals surface area (Å²) in [6.07, 6.45) is 0. The van der Waals surface area contributed by atoms with E-state index in [0.717, 1.165) is 28.6 Å². The Balaban J connectivity index is 1.21. The first-order chi connectivity index (χ1) is 21.8. The summed E-state index contributed by atoms with van der Waals surface area (Å²) in [6.45, 7) is 0. The fourth-order valence-corrected chi connectivity index (χ4v) is 7.83. The highest BCUT2D eigenvalue weighted by atomic mass is 32.1. The zero-order valence-corrected chi connectivity index (χ0v) is 24.6. The van der Waals surface area contributed by atoms with Crippen molar-refractivity contribution in [2.45, 2.75) is 5.41 Å². The van der Waals surface area contributed by atoms with Crippen molar-refractivity contribution in [1.82, 2.24) is 0 Å². The molecule has 1 aliphatic carbocycles. The number of fused-ring (bicyclic) bond motifs is 5. The molecule has 2 nitrogen and oxygen atoms in total. The Kier molecular flexibility index (Phi) is 5.62. The van der Waals surface area contributed by atoms with Gasteiger partial charge in [0, 0.05) is 4.88 Å². The van der Waals surface area contributed by atoms with E-state index in [0.29, 0.717) is 0 Å². The Labute approximate surface area is 260 Å². The fraction of sp³-hybridized carbons (Fsp3) is 0.0244. The highest BCUT2D eigenvalue weighted by Crippen LogP contribution is 2.59. The number of benzene rings is 6. The molecule has 0 radical (unpaired) electrons. The minimum absolute atomic E-state index is 0.484. The number of hydrogen-bond acceptors (Lipinski definition) is 3. The summed E-state index contributed by atoms with van der Waals surface area (Å²) >= 11 is 1.75. The second-order valence-electron chi connectivity index (χ2n) is 11.3. The van der Waals surface area contributed by atoms with Crippen molar-refractivity contribution in [3.05, 3.63) is 179 Å². The number of thiophene rings is 1. The third-order valence-electron chi connectivity index (χ3n) is 8.93. The third kappa shape index (κ3) is 3.66. The van der Waals surface area contributed by atoms with Crippen LogP contribution in [-0.2, 0) is 5.41 Å². The highest BCUT2D eigenvalue weighted by molar-refractivity contribution is 7.13. The molecular formula is C41H26O2S. The molecule has 0 saturated carbocycles. The Morgan fingerprint density at radius 2 is 1.02 bits per heavy atom. The quantitative estimate of drug-likeness (QED) is 0.205. The first-order valence-corrected chi connectivity index (χ1v) is 15.7. The minimum atomic E-state index is -0.484. The van der Waals surface area contributed by atoms with Crippen LogP contribution in [0.4, 0.5) is 0 Å². The summed E-state index contributed by atoms with van der Waals surface area (Å²) in [6, 6.07) is 53.8. The highest BCUT2D eigenvalue weighted by Gasteiger charge is 2.47. The van der Waals surface area contributed by atoms with Gasteiger partial charge in [-0.05, 0) is 85.8 Å². The van der Waals surface area contributed by atoms with Gasteiger partial charge in [0.25, 0.3) is 0 Å². The van der Waals surface area contributed by atoms with Crippen molar-refractivity contribution in [2.75, 3.05) is 0 Å². The Bertz CT molecular complexity index is 2130. The summed E-state index contributed by atoms with van der Waals surface area (Å²) in [5, 5.41) is 2.12. The lowest BCUT2D eigenvalue weighted by atomic mass is 9.67. The van der Waals surface area contributed by atoms with E-state index in [1.54, 1.807) is 11.3 Å². The van der Waals surface area contributed by atoms with Crippen LogP contribution in [0.1, 0.15) is 22.3 Å². The van der Waals surface area contributed by atoms with E-state index in [2.05, 4.69) is 151 Å². The molecule has 0 amide bonds. The molecule has 0 fully saturated rings. The van der Waals surface area contributed by atoms with Gasteiger partial charge in [0.2, 0.25) is 0 Å². The summed E-state index contributed by atoms with van der Waals surface area (Å²) < 4.78 is 13.3. The molecule has 44 heavy (non-hydrogen) atoms. The smallest absolute Gasteiger partial charge is 0.170 e. The minimum Gasteiger partial charge on any atom is -0.450 e. The number of ether oxygens (including phenoxy) is 2. The normalized spacial score (nSPS) is 13.5. The van der Waals surface area contributed by atoms with Crippen molar-refractivity contribution >= 4 is 11.3 Å². The maximum Gasteiger partial charge on any atom is 0.170 e. The Morgan fingerprint density at radius 1 is 0.409 bits per heavy atom. The van der Waals surface area contributed by atoms with Gasteiger partial charge in [0.05, 0.1) is 5.41 Å². The number of hydrogen-bond donors (Lipinski definition) is 0. The van der Waals surface area contributed by atoms with Crippen molar-refractivity contribution in [3.8, 4) is 55.7 Å². The van der Waals surface area contributed by atoms with Crippen molar-refractivity contribution in [2.24, 2.45) is 0 Å². The molecule has 0 atom stereocenters. The van der Waals surface area contributed by atoms with E-state index in [-0.39, 0.29) is 0 Å². The molecule has 0 bridgehead atoms. The monoisotopic (exact) mass is 582 g/mol. The van der Waals surface area contributed by atoms with E-state index in [4.69, 9.17) is 9.47 Å². The molecule has 6 aromatic carbocycles. The van der Waals surface area contributed by atoms with Crippen LogP contribution in [0.15, 0.2) is 157 Å². The van der Waals surface area contributed by atoms with Gasteiger partial charge in [-0.15, -0.1) is 11.3 Å². The van der Waals surface area contributed by atoms with E-state index in [9.17, 15) is 0 Å². The molecule has 0 spiro atoms. The van der Waals surface area contributed by atoms with Gasteiger partial charge in [0.15, 0.2) is 23.0 Å². The maximum atomic E-state index is 6.67. The van der Waals surface area contributed by atoms with Crippen LogP contribution in [0.3, 0.4) is 0 Å². The zero-order valence-electron chi connectivity index (χ0n) is 23.7. The molecule has 2 heterocycles. The third-order valence-corrected chi connectivity index (χ3v) is 9.83. The van der Waals surface area contributed by atoms with Crippen molar-refractivity contribution in [1.29, 1.82) is 0 Å². The Hall–Kier alpha value is -5.38. The van der Waals surface area contributed by atoms with E-state index in [1.165, 1.54) is 49.4 Å². The standard InChI is InChI=1S/C41H26O2S/c1-3-12-28(13-4-1)41(29-14-5-2-6-15-29)34-19-10-9-17-31(34)33-25-38-39(26-35(33)41)42-36-22-21-27(24-37(36)43-38)30-16-7-8-18-32(30)40-20-11-23-44-40/h1-26H. The molecule has 0 N–H and O–H groups in total. The lowest BCUT2D eigenvalue weighted by Crippen LogP contribution is -2.28. The maximum absolute atomic E-state index is 6.67. The van der Waals surface area contributed by atoms with Gasteiger partial charge >= 0.3 is 0 Å². The lowest BCUT2D eigenvalue weighted by molar-refractivity contribution is 0.359. The largest absolute Gasteiger partial charge is 0.450 e. The molecule has 0 saturated heterocycles. The van der Waals surface area contributed by atoms with Crippen molar-refractivity contribution < 1.29 is 9.47 Å². The lowest BCUT2D eigenvalue weighted by Gasteiger charge is -2.34. The average Bonchev–Trinajstić information content (AvgIpc) is 3.73. The first kappa shape index (κ1) is 25.1. The van der Waals surface area contributed by atoms with Crippen LogP contribution in [0.5, 0.6) is 23.0 Å². The van der Waals surface area contributed by atoms with Gasteiger partial charge in [-0.3, -0.25) is 0 Å². The van der Waals surface area contributed by atoms with Crippen LogP contribution in [0.25, 0.3) is 32.7 Å². The summed E-state index contributed by atoms with van der Waals surface area (Å²) in [5.74, 6) is 2.90. The molecule has 7 aromatic rings. The van der Waals surface area contributed by atoms with E-state index >= 15 is 0 Å². The van der Waals surface area contributed by atoms with Gasteiger partial charge in [0.1, 0.15) is 0 Å². The molecule has 1 aliphatic heterocycles. The van der Waals surface area contributed by atoms with Gasteiger partial charge in [-0.2, -0.15) is 0 Å². The number of rotatable bonds is 4. The fourth-order valence-electron chi connectivity index (χ4n) is 7.07. The molecule has 3 heteroatoms. The predicted octanol–water partition coefficient (Wildman–Crippen LogP) is 11.3. The van der Waals surface area contributed by atoms with Crippen LogP contribution in [0, 0.1) is 0 Å². The molecule has 0 unspecified atom stereocenters. The summed E-state index contributed by atoms with van der Waals surface area (Å²) in [5.41, 5.74) is 10.3. The second kappa shape index (κ2) is 9.84. The zero-order chi connectivity index (χ0) is 29.1. The van der Waals surface area contributed by atoms with E-state index in [1.807, 2.05) is 6.07 Å². The SMILES string of the molecule is c1ccc(C2(c3ccccc3)c3ccccc3-c3cc4c(cc32)Oc2ccc(-c3ccccc3-c3cccs3)cc2O4)cc1. The van der Waals surface area contributed by atoms with Crippen LogP contribution in [-0.4, -0.2) is 0 Å². The van der Waals surface area contributed by atoms with E-state index < -0.39 is 5.41 Å². The van der Waals surface area contributed by atoms with Crippen molar-refractivity contribution in [3.63, 3.8) is 0 Å². The van der Waals surface area contributed by atoms with Crippen LogP contribution in [0.2, 0.25) is 0 Å². The van der Waals surface area contributed by atoms with Gasteiger partial charge in [-0.25, -0.2) is 0 Å². The summed E-state index contributed by atoms with van der Waals surface area (Å²) in [4.78, 5) is 1.25. The van der Waals surface area contributed by atoms with Crippen LogP contribution >= 0.6 is 11.3 Å². The molecule has 2 aliphatic rings. The molecule has 208 valence electrons. The van der Waals surface area contributed by atoms with Gasteiger partial charge < -0.3 is 9.47 Å². The average molecular weight is 583 g/mol. The Morgan fingerprint density at radius 3 is 1.75 bits per heavy atom. The predicted molar refractivity (Wildman–Crippen MR) is 179 cm³/mol. The summed E-state index contributed by atoms with van der Waals surface area (Å²) in [7, 11) is 0.